The molecule has 1 unspecified atom stereocenters. The molecule has 1 aromatic carbocycles. The Morgan fingerprint density at radius 3 is 3.04 bits per heavy atom. The molecule has 6 heteroatoms. The molecule has 1 aliphatic rings. The summed E-state index contributed by atoms with van der Waals surface area (Å²) < 4.78 is 15.6. The maximum atomic E-state index is 13.5. The zero-order chi connectivity index (χ0) is 17.6. The highest BCUT2D eigenvalue weighted by molar-refractivity contribution is 7.15. The van der Waals surface area contributed by atoms with Crippen molar-refractivity contribution in [2.24, 2.45) is 0 Å². The second-order valence-corrected chi connectivity index (χ2v) is 7.88. The summed E-state index contributed by atoms with van der Waals surface area (Å²) in [7, 11) is 0. The van der Waals surface area contributed by atoms with Crippen LogP contribution in [0.3, 0.4) is 0 Å². The van der Waals surface area contributed by atoms with Crippen molar-refractivity contribution >= 4 is 22.1 Å². The Morgan fingerprint density at radius 1 is 1.40 bits per heavy atom. The van der Waals surface area contributed by atoms with Gasteiger partial charge in [-0.3, -0.25) is 9.20 Å². The van der Waals surface area contributed by atoms with Crippen LogP contribution in [0.5, 0.6) is 0 Å². The summed E-state index contributed by atoms with van der Waals surface area (Å²) in [6.45, 7) is 5.49. The number of imidazole rings is 1. The van der Waals surface area contributed by atoms with Crippen molar-refractivity contribution in [1.82, 2.24) is 14.3 Å². The monoisotopic (exact) mass is 357 g/mol. The molecule has 4 nitrogen and oxygen atoms in total. The molecule has 25 heavy (non-hydrogen) atoms. The third kappa shape index (κ3) is 2.74. The van der Waals surface area contributed by atoms with Gasteiger partial charge in [0.05, 0.1) is 5.69 Å². The van der Waals surface area contributed by atoms with Gasteiger partial charge in [-0.25, -0.2) is 9.37 Å². The number of benzene rings is 1. The number of rotatable bonds is 2. The molecule has 3 aromatic rings. The van der Waals surface area contributed by atoms with Gasteiger partial charge in [0, 0.05) is 35.6 Å². The second-order valence-electron chi connectivity index (χ2n) is 6.99. The van der Waals surface area contributed by atoms with Gasteiger partial charge < -0.3 is 4.90 Å². The van der Waals surface area contributed by atoms with E-state index in [9.17, 15) is 9.18 Å². The van der Waals surface area contributed by atoms with E-state index in [0.717, 1.165) is 29.2 Å². The van der Waals surface area contributed by atoms with Crippen LogP contribution in [0.1, 0.15) is 41.6 Å². The Kier molecular flexibility index (Phi) is 3.87. The van der Waals surface area contributed by atoms with E-state index in [4.69, 9.17) is 4.98 Å². The number of amides is 1. The van der Waals surface area contributed by atoms with Crippen LogP contribution < -0.4 is 0 Å². The maximum Gasteiger partial charge on any atom is 0.253 e. The Morgan fingerprint density at radius 2 is 2.24 bits per heavy atom. The molecule has 1 amide bonds. The average molecular weight is 357 g/mol. The minimum absolute atomic E-state index is 0.108. The molecular weight excluding hydrogens is 337 g/mol. The number of fused-ring (bicyclic) bond motifs is 1. The van der Waals surface area contributed by atoms with Crippen LogP contribution in [0.2, 0.25) is 0 Å². The van der Waals surface area contributed by atoms with Gasteiger partial charge >= 0.3 is 0 Å². The molecular formula is C19H20FN3OS. The van der Waals surface area contributed by atoms with Crippen molar-refractivity contribution in [3.05, 3.63) is 58.7 Å². The minimum Gasteiger partial charge on any atom is -0.338 e. The summed E-state index contributed by atoms with van der Waals surface area (Å²) in [5.74, 6) is 0.487. The summed E-state index contributed by atoms with van der Waals surface area (Å²) in [5.41, 5.74) is 1.29. The molecule has 3 heterocycles. The van der Waals surface area contributed by atoms with Gasteiger partial charge in [-0.2, -0.15) is 0 Å². The van der Waals surface area contributed by atoms with Gasteiger partial charge in [0.15, 0.2) is 0 Å². The highest BCUT2D eigenvalue weighted by Crippen LogP contribution is 2.37. The average Bonchev–Trinajstić information content (AvgIpc) is 3.18. The molecule has 0 aliphatic carbocycles. The summed E-state index contributed by atoms with van der Waals surface area (Å²) in [5, 5.41) is 2.06. The lowest BCUT2D eigenvalue weighted by molar-refractivity contribution is 0.0649. The third-order valence-corrected chi connectivity index (χ3v) is 5.93. The van der Waals surface area contributed by atoms with E-state index in [0.29, 0.717) is 18.7 Å². The van der Waals surface area contributed by atoms with Crippen molar-refractivity contribution in [3.8, 4) is 0 Å². The lowest BCUT2D eigenvalue weighted by Crippen LogP contribution is -2.47. The standard InChI is InChI=1S/C19H20FN3OS/c1-13-21-16(18-23(13)9-10-25-18)19(2)7-4-8-22(12-19)17(24)14-5-3-6-15(20)11-14/h3,5-6,9-11H,4,7-8,12H2,1-2H3. The predicted octanol–water partition coefficient (Wildman–Crippen LogP) is 4.04. The van der Waals surface area contributed by atoms with Crippen LogP contribution in [-0.4, -0.2) is 33.3 Å². The van der Waals surface area contributed by atoms with E-state index in [2.05, 4.69) is 16.7 Å². The van der Waals surface area contributed by atoms with Crippen molar-refractivity contribution in [2.75, 3.05) is 13.1 Å². The molecule has 1 fully saturated rings. The van der Waals surface area contributed by atoms with Gasteiger partial charge in [-0.1, -0.05) is 13.0 Å². The number of aromatic nitrogens is 2. The Labute approximate surface area is 149 Å². The van der Waals surface area contributed by atoms with Crippen LogP contribution in [0.25, 0.3) is 4.83 Å². The first kappa shape index (κ1) is 16.3. The van der Waals surface area contributed by atoms with Crippen LogP contribution in [0.4, 0.5) is 4.39 Å². The number of carbonyl (C=O) groups is 1. The molecule has 2 aromatic heterocycles. The topological polar surface area (TPSA) is 37.6 Å². The fourth-order valence-corrected chi connectivity index (χ4v) is 4.79. The van der Waals surface area contributed by atoms with Crippen molar-refractivity contribution in [1.29, 1.82) is 0 Å². The lowest BCUT2D eigenvalue weighted by Gasteiger charge is -2.39. The number of aryl methyl sites for hydroxylation is 1. The van der Waals surface area contributed by atoms with Crippen LogP contribution in [-0.2, 0) is 5.41 Å². The molecule has 1 atom stereocenters. The van der Waals surface area contributed by atoms with Gasteiger partial charge in [-0.15, -0.1) is 11.3 Å². The molecule has 1 saturated heterocycles. The molecule has 1 aliphatic heterocycles. The quantitative estimate of drug-likeness (QED) is 0.694. The van der Waals surface area contributed by atoms with E-state index >= 15 is 0 Å². The fraction of sp³-hybridized carbons (Fsp3) is 0.368. The van der Waals surface area contributed by atoms with E-state index < -0.39 is 0 Å². The summed E-state index contributed by atoms with van der Waals surface area (Å²) in [6, 6.07) is 5.93. The van der Waals surface area contributed by atoms with Gasteiger partial charge in [0.1, 0.15) is 16.5 Å². The van der Waals surface area contributed by atoms with Crippen LogP contribution in [0, 0.1) is 12.7 Å². The van der Waals surface area contributed by atoms with Crippen LogP contribution >= 0.6 is 11.3 Å². The molecule has 4 rings (SSSR count). The highest BCUT2D eigenvalue weighted by atomic mass is 32.1. The molecule has 0 radical (unpaired) electrons. The van der Waals surface area contributed by atoms with Gasteiger partial charge in [-0.05, 0) is 38.0 Å². The lowest BCUT2D eigenvalue weighted by atomic mass is 9.79. The predicted molar refractivity (Wildman–Crippen MR) is 96.7 cm³/mol. The number of halogens is 1. The molecule has 0 spiro atoms. The number of likely N-dealkylation sites (tertiary alicyclic amines) is 1. The summed E-state index contributed by atoms with van der Waals surface area (Å²) >= 11 is 1.68. The van der Waals surface area contributed by atoms with E-state index in [-0.39, 0.29) is 17.1 Å². The first-order chi connectivity index (χ1) is 12.0. The number of hydrogen-bond acceptors (Lipinski definition) is 3. The number of thiazole rings is 1. The van der Waals surface area contributed by atoms with E-state index in [1.165, 1.54) is 12.1 Å². The summed E-state index contributed by atoms with van der Waals surface area (Å²) in [4.78, 5) is 20.6. The third-order valence-electron chi connectivity index (χ3n) is 5.06. The molecule has 130 valence electrons. The largest absolute Gasteiger partial charge is 0.338 e. The normalized spacial score (nSPS) is 21.0. The van der Waals surface area contributed by atoms with Crippen LogP contribution in [0.15, 0.2) is 35.8 Å². The number of piperidine rings is 1. The van der Waals surface area contributed by atoms with Gasteiger partial charge in [0.2, 0.25) is 0 Å². The first-order valence-corrected chi connectivity index (χ1v) is 9.33. The maximum absolute atomic E-state index is 13.5. The molecule has 0 bridgehead atoms. The SMILES string of the molecule is Cc1nc(C2(C)CCCN(C(=O)c3cccc(F)c3)C2)c2sccn12. The van der Waals surface area contributed by atoms with Crippen molar-refractivity contribution in [3.63, 3.8) is 0 Å². The number of hydrogen-bond donors (Lipinski definition) is 0. The Hall–Kier alpha value is -2.21. The Bertz CT molecular complexity index is 947. The highest BCUT2D eigenvalue weighted by Gasteiger charge is 2.38. The fourth-order valence-electron chi connectivity index (χ4n) is 3.77. The van der Waals surface area contributed by atoms with E-state index in [1.54, 1.807) is 23.5 Å². The first-order valence-electron chi connectivity index (χ1n) is 8.45. The van der Waals surface area contributed by atoms with Crippen molar-refractivity contribution in [2.45, 2.75) is 32.1 Å². The minimum atomic E-state index is -0.379. The zero-order valence-electron chi connectivity index (χ0n) is 14.3. The molecule has 0 N–H and O–H groups in total. The zero-order valence-corrected chi connectivity index (χ0v) is 15.1. The van der Waals surface area contributed by atoms with E-state index in [1.807, 2.05) is 18.0 Å². The van der Waals surface area contributed by atoms with Gasteiger partial charge in [0.25, 0.3) is 5.91 Å². The van der Waals surface area contributed by atoms with Crippen molar-refractivity contribution < 1.29 is 9.18 Å². The number of nitrogens with zero attached hydrogens (tertiary/aromatic N) is 3. The smallest absolute Gasteiger partial charge is 0.253 e. The Balaban J connectivity index is 1.66. The summed E-state index contributed by atoms with van der Waals surface area (Å²) in [6.07, 6.45) is 3.94. The second kappa shape index (κ2) is 5.95. The number of carbonyl (C=O) groups excluding carboxylic acids is 1. The molecule has 0 saturated carbocycles.